The lowest BCUT2D eigenvalue weighted by Gasteiger charge is -2.11. The smallest absolute Gasteiger partial charge is 0.257 e. The van der Waals surface area contributed by atoms with Crippen LogP contribution in [0.3, 0.4) is 0 Å². The standard InChI is InChI=1S/C20H18ClN3O3/c1-26-16-7-5-15(6-8-16)23-19-10-3-13(12-22-19)20(25)24-17-11-14(21)4-9-18(17)27-2/h3-12H,1-2H3,(H,22,23)(H,24,25). The Labute approximate surface area is 162 Å². The zero-order valence-corrected chi connectivity index (χ0v) is 15.6. The van der Waals surface area contributed by atoms with Gasteiger partial charge in [0.25, 0.3) is 5.91 Å². The molecule has 0 aliphatic carbocycles. The summed E-state index contributed by atoms with van der Waals surface area (Å²) in [5.74, 6) is 1.62. The maximum absolute atomic E-state index is 12.4. The zero-order chi connectivity index (χ0) is 19.2. The van der Waals surface area contributed by atoms with Crippen molar-refractivity contribution in [1.82, 2.24) is 4.98 Å². The number of hydrogen-bond acceptors (Lipinski definition) is 5. The van der Waals surface area contributed by atoms with Crippen LogP contribution in [-0.4, -0.2) is 25.1 Å². The molecule has 0 saturated heterocycles. The third-order valence-corrected chi connectivity index (χ3v) is 4.03. The van der Waals surface area contributed by atoms with Crippen molar-refractivity contribution in [3.05, 3.63) is 71.4 Å². The molecule has 2 N–H and O–H groups in total. The molecule has 3 aromatic rings. The molecular weight excluding hydrogens is 366 g/mol. The number of ether oxygens (including phenoxy) is 2. The van der Waals surface area contributed by atoms with Crippen LogP contribution < -0.4 is 20.1 Å². The van der Waals surface area contributed by atoms with Gasteiger partial charge >= 0.3 is 0 Å². The maximum Gasteiger partial charge on any atom is 0.257 e. The number of amides is 1. The highest BCUT2D eigenvalue weighted by atomic mass is 35.5. The van der Waals surface area contributed by atoms with Crippen molar-refractivity contribution >= 4 is 34.7 Å². The Kier molecular flexibility index (Phi) is 5.78. The van der Waals surface area contributed by atoms with Crippen LogP contribution in [0.15, 0.2) is 60.8 Å². The van der Waals surface area contributed by atoms with Gasteiger partial charge in [0.2, 0.25) is 0 Å². The molecule has 138 valence electrons. The molecule has 2 aromatic carbocycles. The number of carbonyl (C=O) groups excluding carboxylic acids is 1. The van der Waals surface area contributed by atoms with Gasteiger partial charge in [-0.05, 0) is 54.6 Å². The lowest BCUT2D eigenvalue weighted by atomic mass is 10.2. The van der Waals surface area contributed by atoms with Gasteiger partial charge in [-0.1, -0.05) is 11.6 Å². The van der Waals surface area contributed by atoms with Crippen LogP contribution in [0.25, 0.3) is 0 Å². The van der Waals surface area contributed by atoms with Gasteiger partial charge in [0, 0.05) is 16.9 Å². The molecule has 0 saturated carbocycles. The van der Waals surface area contributed by atoms with Crippen LogP contribution in [0.1, 0.15) is 10.4 Å². The summed E-state index contributed by atoms with van der Waals surface area (Å²) in [5.41, 5.74) is 1.77. The van der Waals surface area contributed by atoms with Crippen LogP contribution in [0.5, 0.6) is 11.5 Å². The highest BCUT2D eigenvalue weighted by Gasteiger charge is 2.11. The van der Waals surface area contributed by atoms with Gasteiger partial charge in [0.05, 0.1) is 25.5 Å². The van der Waals surface area contributed by atoms with E-state index in [1.807, 2.05) is 24.3 Å². The minimum absolute atomic E-state index is 0.306. The number of benzene rings is 2. The number of methoxy groups -OCH3 is 2. The largest absolute Gasteiger partial charge is 0.497 e. The van der Waals surface area contributed by atoms with Crippen molar-refractivity contribution in [2.24, 2.45) is 0 Å². The summed E-state index contributed by atoms with van der Waals surface area (Å²) in [6.45, 7) is 0. The first-order chi connectivity index (χ1) is 13.1. The van der Waals surface area contributed by atoms with Crippen LogP contribution in [0.2, 0.25) is 5.02 Å². The lowest BCUT2D eigenvalue weighted by molar-refractivity contribution is 0.102. The van der Waals surface area contributed by atoms with Gasteiger partial charge in [0.1, 0.15) is 17.3 Å². The molecule has 3 rings (SSSR count). The Hall–Kier alpha value is -3.25. The summed E-state index contributed by atoms with van der Waals surface area (Å²) >= 11 is 5.98. The summed E-state index contributed by atoms with van der Waals surface area (Å²) in [6.07, 6.45) is 1.50. The molecule has 0 aliphatic rings. The second-order valence-corrected chi connectivity index (χ2v) is 6.02. The molecule has 0 unspecified atom stereocenters. The van der Waals surface area contributed by atoms with Gasteiger partial charge in [0.15, 0.2) is 0 Å². The molecule has 6 nitrogen and oxygen atoms in total. The third kappa shape index (κ3) is 4.68. The topological polar surface area (TPSA) is 72.5 Å². The van der Waals surface area contributed by atoms with Crippen LogP contribution in [-0.2, 0) is 0 Å². The van der Waals surface area contributed by atoms with Gasteiger partial charge in [-0.15, -0.1) is 0 Å². The Morgan fingerprint density at radius 3 is 2.41 bits per heavy atom. The van der Waals surface area contributed by atoms with Crippen molar-refractivity contribution in [3.8, 4) is 11.5 Å². The van der Waals surface area contributed by atoms with Gasteiger partial charge in [-0.2, -0.15) is 0 Å². The predicted octanol–water partition coefficient (Wildman–Crippen LogP) is 4.75. The maximum atomic E-state index is 12.4. The molecule has 1 amide bonds. The van der Waals surface area contributed by atoms with Crippen LogP contribution in [0.4, 0.5) is 17.2 Å². The second-order valence-electron chi connectivity index (χ2n) is 5.58. The van der Waals surface area contributed by atoms with Crippen molar-refractivity contribution in [1.29, 1.82) is 0 Å². The van der Waals surface area contributed by atoms with Crippen molar-refractivity contribution in [2.75, 3.05) is 24.9 Å². The average Bonchev–Trinajstić information content (AvgIpc) is 2.69. The third-order valence-electron chi connectivity index (χ3n) is 3.80. The number of hydrogen-bond donors (Lipinski definition) is 2. The normalized spacial score (nSPS) is 10.2. The first kappa shape index (κ1) is 18.5. The van der Waals surface area contributed by atoms with Crippen molar-refractivity contribution < 1.29 is 14.3 Å². The number of pyridine rings is 1. The van der Waals surface area contributed by atoms with E-state index in [-0.39, 0.29) is 5.91 Å². The van der Waals surface area contributed by atoms with E-state index < -0.39 is 0 Å². The Balaban J connectivity index is 1.69. The molecule has 0 bridgehead atoms. The second kappa shape index (κ2) is 8.42. The van der Waals surface area contributed by atoms with E-state index in [2.05, 4.69) is 15.6 Å². The fraction of sp³-hybridized carbons (Fsp3) is 0.100. The van der Waals surface area contributed by atoms with E-state index >= 15 is 0 Å². The average molecular weight is 384 g/mol. The molecule has 0 atom stereocenters. The molecule has 0 fully saturated rings. The fourth-order valence-corrected chi connectivity index (χ4v) is 2.57. The minimum atomic E-state index is -0.306. The first-order valence-electron chi connectivity index (χ1n) is 8.11. The Morgan fingerprint density at radius 2 is 1.78 bits per heavy atom. The molecule has 0 spiro atoms. The Bertz CT molecular complexity index is 928. The van der Waals surface area contributed by atoms with E-state index in [0.717, 1.165) is 11.4 Å². The van der Waals surface area contributed by atoms with E-state index in [0.29, 0.717) is 27.8 Å². The highest BCUT2D eigenvalue weighted by molar-refractivity contribution is 6.31. The predicted molar refractivity (Wildman–Crippen MR) is 106 cm³/mol. The number of rotatable bonds is 6. The summed E-state index contributed by atoms with van der Waals surface area (Å²) in [7, 11) is 3.15. The van der Waals surface area contributed by atoms with E-state index in [1.165, 1.54) is 13.3 Å². The number of anilines is 3. The fourth-order valence-electron chi connectivity index (χ4n) is 2.40. The van der Waals surface area contributed by atoms with E-state index in [9.17, 15) is 4.79 Å². The molecule has 27 heavy (non-hydrogen) atoms. The quantitative estimate of drug-likeness (QED) is 0.642. The lowest BCUT2D eigenvalue weighted by Crippen LogP contribution is -2.13. The van der Waals surface area contributed by atoms with Crippen molar-refractivity contribution in [3.63, 3.8) is 0 Å². The minimum Gasteiger partial charge on any atom is -0.497 e. The summed E-state index contributed by atoms with van der Waals surface area (Å²) < 4.78 is 10.4. The van der Waals surface area contributed by atoms with E-state index in [4.69, 9.17) is 21.1 Å². The molecular formula is C20H18ClN3O3. The van der Waals surface area contributed by atoms with E-state index in [1.54, 1.807) is 37.4 Å². The monoisotopic (exact) mass is 383 g/mol. The molecule has 0 radical (unpaired) electrons. The molecule has 1 heterocycles. The SMILES string of the molecule is COc1ccc(Nc2ccc(C(=O)Nc3cc(Cl)ccc3OC)cn2)cc1. The first-order valence-corrected chi connectivity index (χ1v) is 8.49. The van der Waals surface area contributed by atoms with Crippen molar-refractivity contribution in [2.45, 2.75) is 0 Å². The highest BCUT2D eigenvalue weighted by Crippen LogP contribution is 2.28. The number of nitrogens with zero attached hydrogens (tertiary/aromatic N) is 1. The summed E-state index contributed by atoms with van der Waals surface area (Å²) in [6, 6.07) is 15.9. The number of carbonyl (C=O) groups is 1. The zero-order valence-electron chi connectivity index (χ0n) is 14.8. The van der Waals surface area contributed by atoms with Crippen LogP contribution in [0, 0.1) is 0 Å². The molecule has 7 heteroatoms. The summed E-state index contributed by atoms with van der Waals surface area (Å²) in [5, 5.41) is 6.44. The van der Waals surface area contributed by atoms with Crippen LogP contribution >= 0.6 is 11.6 Å². The Morgan fingerprint density at radius 1 is 1.00 bits per heavy atom. The van der Waals surface area contributed by atoms with Gasteiger partial charge in [-0.3, -0.25) is 4.79 Å². The molecule has 0 aliphatic heterocycles. The molecule has 1 aromatic heterocycles. The van der Waals surface area contributed by atoms with Gasteiger partial charge in [-0.25, -0.2) is 4.98 Å². The number of aromatic nitrogens is 1. The number of nitrogens with one attached hydrogen (secondary N) is 2. The number of halogens is 1. The summed E-state index contributed by atoms with van der Waals surface area (Å²) in [4.78, 5) is 16.7. The van der Waals surface area contributed by atoms with Gasteiger partial charge < -0.3 is 20.1 Å².